The van der Waals surface area contributed by atoms with Crippen molar-refractivity contribution in [1.82, 2.24) is 4.57 Å². The van der Waals surface area contributed by atoms with E-state index in [1.54, 1.807) is 12.1 Å². The summed E-state index contributed by atoms with van der Waals surface area (Å²) in [6, 6.07) is 7.22. The van der Waals surface area contributed by atoms with Crippen LogP contribution in [0.15, 0.2) is 30.5 Å². The largest absolute Gasteiger partial charge is 0.507 e. The second-order valence-corrected chi connectivity index (χ2v) is 2.94. The van der Waals surface area contributed by atoms with Crippen molar-refractivity contribution in [3.05, 3.63) is 30.5 Å². The summed E-state index contributed by atoms with van der Waals surface area (Å²) in [5.74, 6) is 0.286. The number of rotatable bonds is 2. The molecule has 0 saturated carbocycles. The molecule has 0 unspecified atom stereocenters. The number of hydrogen-bond acceptors (Lipinski definition) is 2. The van der Waals surface area contributed by atoms with Crippen LogP contribution in [0, 0.1) is 0 Å². The van der Waals surface area contributed by atoms with E-state index in [1.165, 1.54) is 0 Å². The Kier molecular flexibility index (Phi) is 1.94. The molecule has 2 N–H and O–H groups in total. The van der Waals surface area contributed by atoms with Gasteiger partial charge in [-0.3, -0.25) is 0 Å². The number of nitrogens with zero attached hydrogens (tertiary/aromatic N) is 1. The number of phenols is 1. The summed E-state index contributed by atoms with van der Waals surface area (Å²) < 4.78 is 1.91. The van der Waals surface area contributed by atoms with Crippen LogP contribution >= 0.6 is 0 Å². The number of aromatic nitrogens is 1. The summed E-state index contributed by atoms with van der Waals surface area (Å²) in [5.41, 5.74) is 0.953. The van der Waals surface area contributed by atoms with Crippen molar-refractivity contribution >= 4 is 10.9 Å². The summed E-state index contributed by atoms with van der Waals surface area (Å²) in [6.07, 6.45) is 1.86. The zero-order valence-corrected chi connectivity index (χ0v) is 7.14. The Morgan fingerprint density at radius 1 is 1.23 bits per heavy atom. The van der Waals surface area contributed by atoms with Crippen LogP contribution in [0.3, 0.4) is 0 Å². The lowest BCUT2D eigenvalue weighted by Gasteiger charge is -2.01. The van der Waals surface area contributed by atoms with Crippen molar-refractivity contribution in [3.8, 4) is 5.75 Å². The van der Waals surface area contributed by atoms with Crippen molar-refractivity contribution in [2.75, 3.05) is 6.61 Å². The summed E-state index contributed by atoms with van der Waals surface area (Å²) in [4.78, 5) is 0. The molecule has 1 aromatic carbocycles. The maximum absolute atomic E-state index is 9.48. The van der Waals surface area contributed by atoms with Gasteiger partial charge < -0.3 is 14.8 Å². The Labute approximate surface area is 75.9 Å². The molecule has 0 aliphatic heterocycles. The van der Waals surface area contributed by atoms with Crippen LogP contribution in [-0.2, 0) is 6.54 Å². The fourth-order valence-electron chi connectivity index (χ4n) is 1.51. The van der Waals surface area contributed by atoms with E-state index in [0.717, 1.165) is 10.9 Å². The molecule has 2 aromatic rings. The fourth-order valence-corrected chi connectivity index (χ4v) is 1.51. The molecule has 0 fully saturated rings. The monoisotopic (exact) mass is 177 g/mol. The highest BCUT2D eigenvalue weighted by Crippen LogP contribution is 2.24. The highest BCUT2D eigenvalue weighted by Gasteiger charge is 2.02. The van der Waals surface area contributed by atoms with Crippen LogP contribution in [0.5, 0.6) is 5.75 Å². The summed E-state index contributed by atoms with van der Waals surface area (Å²) in [6.45, 7) is 0.673. The zero-order valence-electron chi connectivity index (χ0n) is 7.14. The van der Waals surface area contributed by atoms with E-state index in [0.29, 0.717) is 6.54 Å². The first-order chi connectivity index (χ1) is 6.33. The third-order valence-electron chi connectivity index (χ3n) is 2.13. The third kappa shape index (κ3) is 1.27. The van der Waals surface area contributed by atoms with Gasteiger partial charge >= 0.3 is 0 Å². The van der Waals surface area contributed by atoms with Crippen molar-refractivity contribution < 1.29 is 10.2 Å². The van der Waals surface area contributed by atoms with Crippen LogP contribution < -0.4 is 0 Å². The number of phenolic OH excluding ortho intramolecular Hbond substituents is 1. The molecule has 0 amide bonds. The Hall–Kier alpha value is -1.48. The van der Waals surface area contributed by atoms with Gasteiger partial charge in [0.15, 0.2) is 0 Å². The fraction of sp³-hybridized carbons (Fsp3) is 0.200. The van der Waals surface area contributed by atoms with Crippen LogP contribution in [-0.4, -0.2) is 21.4 Å². The molecule has 0 aliphatic rings. The summed E-state index contributed by atoms with van der Waals surface area (Å²) in [5, 5.41) is 19.1. The Morgan fingerprint density at radius 3 is 2.85 bits per heavy atom. The number of aliphatic hydroxyl groups is 1. The Bertz CT molecular complexity index is 420. The van der Waals surface area contributed by atoms with Crippen molar-refractivity contribution in [2.24, 2.45) is 0 Å². The molecule has 0 aliphatic carbocycles. The van der Waals surface area contributed by atoms with E-state index in [1.807, 2.05) is 22.9 Å². The SMILES string of the molecule is OCCn1ccc2c(O)cccc21. The zero-order chi connectivity index (χ0) is 9.26. The predicted molar refractivity (Wildman–Crippen MR) is 50.7 cm³/mol. The first kappa shape index (κ1) is 8.13. The number of benzene rings is 1. The van der Waals surface area contributed by atoms with Crippen LogP contribution in [0.1, 0.15) is 0 Å². The number of aromatic hydroxyl groups is 1. The molecule has 2 rings (SSSR count). The van der Waals surface area contributed by atoms with Gasteiger partial charge in [-0.15, -0.1) is 0 Å². The average molecular weight is 177 g/mol. The van der Waals surface area contributed by atoms with E-state index in [4.69, 9.17) is 5.11 Å². The summed E-state index contributed by atoms with van der Waals surface area (Å²) in [7, 11) is 0. The molecule has 0 atom stereocenters. The predicted octanol–water partition coefficient (Wildman–Crippen LogP) is 1.34. The first-order valence-electron chi connectivity index (χ1n) is 4.20. The second-order valence-electron chi connectivity index (χ2n) is 2.94. The minimum Gasteiger partial charge on any atom is -0.507 e. The normalized spacial score (nSPS) is 10.8. The molecule has 13 heavy (non-hydrogen) atoms. The molecule has 0 bridgehead atoms. The van der Waals surface area contributed by atoms with Crippen molar-refractivity contribution in [2.45, 2.75) is 6.54 Å². The smallest absolute Gasteiger partial charge is 0.124 e. The van der Waals surface area contributed by atoms with E-state index < -0.39 is 0 Å². The molecule has 0 saturated heterocycles. The third-order valence-corrected chi connectivity index (χ3v) is 2.13. The molecule has 3 nitrogen and oxygen atoms in total. The van der Waals surface area contributed by atoms with Gasteiger partial charge in [-0.2, -0.15) is 0 Å². The van der Waals surface area contributed by atoms with Gasteiger partial charge in [-0.1, -0.05) is 6.07 Å². The van der Waals surface area contributed by atoms with Crippen molar-refractivity contribution in [1.29, 1.82) is 0 Å². The van der Waals surface area contributed by atoms with E-state index in [-0.39, 0.29) is 12.4 Å². The Balaban J connectivity index is 2.61. The number of hydrogen-bond donors (Lipinski definition) is 2. The average Bonchev–Trinajstić information content (AvgIpc) is 2.51. The topological polar surface area (TPSA) is 45.4 Å². The van der Waals surface area contributed by atoms with Gasteiger partial charge in [-0.05, 0) is 18.2 Å². The highest BCUT2D eigenvalue weighted by molar-refractivity contribution is 5.86. The lowest BCUT2D eigenvalue weighted by molar-refractivity contribution is 0.278. The lowest BCUT2D eigenvalue weighted by Crippen LogP contribution is -1.99. The second kappa shape index (κ2) is 3.11. The first-order valence-corrected chi connectivity index (χ1v) is 4.20. The van der Waals surface area contributed by atoms with Crippen molar-refractivity contribution in [3.63, 3.8) is 0 Å². The quantitative estimate of drug-likeness (QED) is 0.727. The van der Waals surface area contributed by atoms with Gasteiger partial charge in [0, 0.05) is 18.1 Å². The molecule has 68 valence electrons. The maximum Gasteiger partial charge on any atom is 0.124 e. The minimum atomic E-state index is 0.111. The Morgan fingerprint density at radius 2 is 2.08 bits per heavy atom. The van der Waals surface area contributed by atoms with E-state index in [9.17, 15) is 5.11 Å². The molecule has 0 radical (unpaired) electrons. The molecular weight excluding hydrogens is 166 g/mol. The maximum atomic E-state index is 9.48. The highest BCUT2D eigenvalue weighted by atomic mass is 16.3. The molecule has 0 spiro atoms. The number of aliphatic hydroxyl groups excluding tert-OH is 1. The standard InChI is InChI=1S/C10H11NO2/c12-7-6-11-5-4-8-9(11)2-1-3-10(8)13/h1-5,12-13H,6-7H2. The van der Waals surface area contributed by atoms with Gasteiger partial charge in [0.05, 0.1) is 12.1 Å². The van der Waals surface area contributed by atoms with Gasteiger partial charge in [-0.25, -0.2) is 0 Å². The van der Waals surface area contributed by atoms with Crippen LogP contribution in [0.4, 0.5) is 0 Å². The summed E-state index contributed by atoms with van der Waals surface area (Å²) >= 11 is 0. The van der Waals surface area contributed by atoms with Gasteiger partial charge in [0.25, 0.3) is 0 Å². The number of fused-ring (bicyclic) bond motifs is 1. The van der Waals surface area contributed by atoms with Gasteiger partial charge in [0.2, 0.25) is 0 Å². The van der Waals surface area contributed by atoms with E-state index in [2.05, 4.69) is 0 Å². The molecule has 3 heteroatoms. The molecular formula is C10H11NO2. The van der Waals surface area contributed by atoms with Gasteiger partial charge in [0.1, 0.15) is 5.75 Å². The molecule has 1 heterocycles. The molecule has 1 aromatic heterocycles. The van der Waals surface area contributed by atoms with Crippen LogP contribution in [0.2, 0.25) is 0 Å². The minimum absolute atomic E-state index is 0.111. The van der Waals surface area contributed by atoms with E-state index >= 15 is 0 Å². The van der Waals surface area contributed by atoms with Crippen LogP contribution in [0.25, 0.3) is 10.9 Å². The lowest BCUT2D eigenvalue weighted by atomic mass is 10.2.